The Bertz CT molecular complexity index is 1100. The van der Waals surface area contributed by atoms with Crippen molar-refractivity contribution in [3.63, 3.8) is 0 Å². The first-order valence-corrected chi connectivity index (χ1v) is 10.5. The number of halogens is 1. The smallest absolute Gasteiger partial charge is 0.338 e. The SMILES string of the molecule is CC(=O)N(c1nc(COC(=O)c2ccc(Cl)c(N)c2)cs1)c1c(C)cc(C)cc1C. The fourth-order valence-corrected chi connectivity index (χ4v) is 4.25. The van der Waals surface area contributed by atoms with Crippen molar-refractivity contribution in [3.8, 4) is 0 Å². The van der Waals surface area contributed by atoms with Gasteiger partial charge in [-0.25, -0.2) is 9.78 Å². The Morgan fingerprint density at radius 2 is 1.83 bits per heavy atom. The number of ether oxygens (including phenoxy) is 1. The van der Waals surface area contributed by atoms with Crippen LogP contribution >= 0.6 is 22.9 Å². The number of carbonyl (C=O) groups excluding carboxylic acids is 2. The molecule has 6 nitrogen and oxygen atoms in total. The number of amides is 1. The topological polar surface area (TPSA) is 85.5 Å². The second-order valence-electron chi connectivity index (χ2n) is 7.04. The van der Waals surface area contributed by atoms with Crippen LogP contribution in [0.2, 0.25) is 5.02 Å². The second-order valence-corrected chi connectivity index (χ2v) is 8.28. The van der Waals surface area contributed by atoms with E-state index in [0.717, 1.165) is 22.4 Å². The van der Waals surface area contributed by atoms with Gasteiger partial charge in [-0.2, -0.15) is 0 Å². The van der Waals surface area contributed by atoms with Crippen molar-refractivity contribution in [2.75, 3.05) is 10.6 Å². The molecule has 2 N–H and O–H groups in total. The van der Waals surface area contributed by atoms with E-state index < -0.39 is 5.97 Å². The summed E-state index contributed by atoms with van der Waals surface area (Å²) in [5, 5.41) is 2.68. The summed E-state index contributed by atoms with van der Waals surface area (Å²) in [7, 11) is 0. The summed E-state index contributed by atoms with van der Waals surface area (Å²) in [6.45, 7) is 7.45. The van der Waals surface area contributed by atoms with Crippen LogP contribution in [-0.4, -0.2) is 16.9 Å². The normalized spacial score (nSPS) is 10.7. The van der Waals surface area contributed by atoms with Gasteiger partial charge in [0.1, 0.15) is 6.61 Å². The zero-order chi connectivity index (χ0) is 22.0. The van der Waals surface area contributed by atoms with E-state index in [2.05, 4.69) is 4.98 Å². The third-order valence-corrected chi connectivity index (χ3v) is 5.71. The molecule has 30 heavy (non-hydrogen) atoms. The molecule has 0 radical (unpaired) electrons. The molecule has 0 saturated carbocycles. The van der Waals surface area contributed by atoms with Gasteiger partial charge in [-0.15, -0.1) is 11.3 Å². The highest BCUT2D eigenvalue weighted by molar-refractivity contribution is 7.14. The quantitative estimate of drug-likeness (QED) is 0.424. The lowest BCUT2D eigenvalue weighted by Gasteiger charge is -2.23. The zero-order valence-corrected chi connectivity index (χ0v) is 18.7. The number of benzene rings is 2. The number of nitrogen functional groups attached to an aromatic ring is 1. The van der Waals surface area contributed by atoms with E-state index in [-0.39, 0.29) is 12.5 Å². The fraction of sp³-hybridized carbons (Fsp3) is 0.227. The molecule has 156 valence electrons. The number of aromatic nitrogens is 1. The summed E-state index contributed by atoms with van der Waals surface area (Å²) in [4.78, 5) is 30.8. The van der Waals surface area contributed by atoms with Gasteiger partial charge < -0.3 is 10.5 Å². The first-order valence-electron chi connectivity index (χ1n) is 9.22. The maximum Gasteiger partial charge on any atom is 0.338 e. The van der Waals surface area contributed by atoms with Crippen molar-refractivity contribution >= 4 is 51.3 Å². The number of nitrogens with zero attached hydrogens (tertiary/aromatic N) is 2. The van der Waals surface area contributed by atoms with Gasteiger partial charge in [0.25, 0.3) is 0 Å². The van der Waals surface area contributed by atoms with Crippen LogP contribution in [0.3, 0.4) is 0 Å². The molecular formula is C22H22ClN3O3S. The van der Waals surface area contributed by atoms with Crippen molar-refractivity contribution in [1.82, 2.24) is 4.98 Å². The Hall–Kier alpha value is -2.90. The van der Waals surface area contributed by atoms with Gasteiger partial charge in [-0.3, -0.25) is 9.69 Å². The van der Waals surface area contributed by atoms with Gasteiger partial charge in [0.05, 0.1) is 27.7 Å². The number of hydrogen-bond donors (Lipinski definition) is 1. The average molecular weight is 444 g/mol. The Morgan fingerprint density at radius 1 is 1.17 bits per heavy atom. The van der Waals surface area contributed by atoms with Gasteiger partial charge in [0.2, 0.25) is 5.91 Å². The number of hydrogen-bond acceptors (Lipinski definition) is 6. The largest absolute Gasteiger partial charge is 0.456 e. The third kappa shape index (κ3) is 4.63. The maximum atomic E-state index is 12.4. The molecule has 0 aliphatic heterocycles. The van der Waals surface area contributed by atoms with E-state index in [4.69, 9.17) is 22.1 Å². The van der Waals surface area contributed by atoms with Gasteiger partial charge >= 0.3 is 5.97 Å². The summed E-state index contributed by atoms with van der Waals surface area (Å²) < 4.78 is 5.33. The molecule has 2 aromatic carbocycles. The van der Waals surface area contributed by atoms with Crippen LogP contribution in [0.5, 0.6) is 0 Å². The van der Waals surface area contributed by atoms with E-state index in [1.165, 1.54) is 24.3 Å². The number of anilines is 3. The summed E-state index contributed by atoms with van der Waals surface area (Å²) in [6, 6.07) is 8.63. The molecule has 0 bridgehead atoms. The Labute approximate surface area is 184 Å². The molecule has 0 fully saturated rings. The number of aryl methyl sites for hydroxylation is 3. The van der Waals surface area contributed by atoms with E-state index in [1.54, 1.807) is 22.4 Å². The standard InChI is InChI=1S/C22H22ClN3O3S/c1-12-7-13(2)20(14(3)8-12)26(15(4)27)22-25-17(11-30-22)10-29-21(28)16-5-6-18(23)19(24)9-16/h5-9,11H,10,24H2,1-4H3. The first-order chi connectivity index (χ1) is 14.2. The molecular weight excluding hydrogens is 422 g/mol. The molecule has 3 aromatic rings. The summed E-state index contributed by atoms with van der Waals surface area (Å²) in [5.41, 5.74) is 10.8. The zero-order valence-electron chi connectivity index (χ0n) is 17.2. The van der Waals surface area contributed by atoms with Crippen LogP contribution < -0.4 is 10.6 Å². The Morgan fingerprint density at radius 3 is 2.43 bits per heavy atom. The van der Waals surface area contributed by atoms with E-state index in [1.807, 2.05) is 32.9 Å². The maximum absolute atomic E-state index is 12.4. The molecule has 0 atom stereocenters. The van der Waals surface area contributed by atoms with Crippen molar-refractivity contribution in [1.29, 1.82) is 0 Å². The monoisotopic (exact) mass is 443 g/mol. The second kappa shape index (κ2) is 8.85. The molecule has 1 amide bonds. The van der Waals surface area contributed by atoms with Crippen molar-refractivity contribution in [2.24, 2.45) is 0 Å². The predicted molar refractivity (Wildman–Crippen MR) is 121 cm³/mol. The predicted octanol–water partition coefficient (Wildman–Crippen LogP) is 5.35. The fourth-order valence-electron chi connectivity index (χ4n) is 3.27. The number of thiazole rings is 1. The molecule has 1 aromatic heterocycles. The van der Waals surface area contributed by atoms with Gasteiger partial charge in [-0.05, 0) is 50.1 Å². The van der Waals surface area contributed by atoms with Crippen molar-refractivity contribution in [3.05, 3.63) is 68.7 Å². The van der Waals surface area contributed by atoms with Crippen LogP contribution in [0.25, 0.3) is 0 Å². The van der Waals surface area contributed by atoms with Gasteiger partial charge in [-0.1, -0.05) is 29.3 Å². The minimum absolute atomic E-state index is 0.0184. The van der Waals surface area contributed by atoms with Crippen molar-refractivity contribution in [2.45, 2.75) is 34.3 Å². The van der Waals surface area contributed by atoms with E-state index in [0.29, 0.717) is 27.1 Å². The lowest BCUT2D eigenvalue weighted by Crippen LogP contribution is -2.24. The van der Waals surface area contributed by atoms with Crippen LogP contribution in [0, 0.1) is 20.8 Å². The van der Waals surface area contributed by atoms with E-state index >= 15 is 0 Å². The molecule has 0 unspecified atom stereocenters. The van der Waals surface area contributed by atoms with Crippen LogP contribution in [0.4, 0.5) is 16.5 Å². The molecule has 8 heteroatoms. The highest BCUT2D eigenvalue weighted by Crippen LogP contribution is 2.34. The minimum atomic E-state index is -0.526. The van der Waals surface area contributed by atoms with Crippen LogP contribution in [0.15, 0.2) is 35.7 Å². The Balaban J connectivity index is 1.79. The summed E-state index contributed by atoms with van der Waals surface area (Å²) in [5.74, 6) is -0.666. The number of esters is 1. The minimum Gasteiger partial charge on any atom is -0.456 e. The van der Waals surface area contributed by atoms with Crippen molar-refractivity contribution < 1.29 is 14.3 Å². The molecule has 0 aliphatic carbocycles. The van der Waals surface area contributed by atoms with Crippen LogP contribution in [-0.2, 0) is 16.1 Å². The molecule has 0 saturated heterocycles. The third-order valence-electron chi connectivity index (χ3n) is 4.49. The first kappa shape index (κ1) is 21.8. The highest BCUT2D eigenvalue weighted by atomic mass is 35.5. The number of carbonyl (C=O) groups is 2. The molecule has 3 rings (SSSR count). The Kier molecular flexibility index (Phi) is 6.43. The summed E-state index contributed by atoms with van der Waals surface area (Å²) in [6.07, 6.45) is 0. The van der Waals surface area contributed by atoms with Gasteiger partial charge in [0.15, 0.2) is 5.13 Å². The number of rotatable bonds is 5. The highest BCUT2D eigenvalue weighted by Gasteiger charge is 2.22. The summed E-state index contributed by atoms with van der Waals surface area (Å²) >= 11 is 7.20. The lowest BCUT2D eigenvalue weighted by molar-refractivity contribution is -0.115. The van der Waals surface area contributed by atoms with Crippen LogP contribution in [0.1, 0.15) is 39.7 Å². The lowest BCUT2D eigenvalue weighted by atomic mass is 10.0. The van der Waals surface area contributed by atoms with E-state index in [9.17, 15) is 9.59 Å². The molecule has 0 spiro atoms. The average Bonchev–Trinajstić information content (AvgIpc) is 3.12. The van der Waals surface area contributed by atoms with Gasteiger partial charge in [0, 0.05) is 12.3 Å². The number of nitrogens with two attached hydrogens (primary N) is 1. The molecule has 0 aliphatic rings. The molecule has 1 heterocycles.